The first-order chi connectivity index (χ1) is 15.5. The number of hydrogen-bond acceptors (Lipinski definition) is 3. The lowest BCUT2D eigenvalue weighted by molar-refractivity contribution is 0.0735. The highest BCUT2D eigenvalue weighted by atomic mass is 35.5. The van der Waals surface area contributed by atoms with Crippen LogP contribution in [-0.4, -0.2) is 47.0 Å². The van der Waals surface area contributed by atoms with Crippen molar-refractivity contribution in [1.29, 1.82) is 0 Å². The largest absolute Gasteiger partial charge is 0.506 e. The molecule has 2 aromatic carbocycles. The van der Waals surface area contributed by atoms with E-state index in [1.807, 2.05) is 11.0 Å². The maximum atomic E-state index is 12.8. The summed E-state index contributed by atoms with van der Waals surface area (Å²) in [4.78, 5) is 17.3. The molecule has 2 saturated heterocycles. The van der Waals surface area contributed by atoms with E-state index < -0.39 is 0 Å². The molecule has 1 unspecified atom stereocenters. The van der Waals surface area contributed by atoms with Crippen LogP contribution >= 0.6 is 11.6 Å². The summed E-state index contributed by atoms with van der Waals surface area (Å²) in [6.45, 7) is 9.10. The van der Waals surface area contributed by atoms with Crippen LogP contribution in [0, 0.1) is 6.92 Å². The summed E-state index contributed by atoms with van der Waals surface area (Å²) in [6.07, 6.45) is 9.07. The third-order valence-electron chi connectivity index (χ3n) is 6.37. The standard InChI is InChI=1S/C18H18ClNO2.C9H19N/c1-12-4-2-5-13(10-12)16-6-3-9-20(16)18(22)14-7-8-17(21)15(19)11-14;1-2-7-10-8-5-3-4-6-9-10/h2,4-5,7-8,10-11,16,21H,3,6,9H2,1H3;2-9H2,1H3. The molecule has 1 amide bonds. The maximum Gasteiger partial charge on any atom is 0.254 e. The van der Waals surface area contributed by atoms with Gasteiger partial charge in [0.2, 0.25) is 0 Å². The molecule has 0 aliphatic carbocycles. The van der Waals surface area contributed by atoms with Crippen LogP contribution in [-0.2, 0) is 0 Å². The summed E-state index contributed by atoms with van der Waals surface area (Å²) in [5.41, 5.74) is 2.89. The summed E-state index contributed by atoms with van der Waals surface area (Å²) >= 11 is 5.92. The van der Waals surface area contributed by atoms with E-state index in [4.69, 9.17) is 11.6 Å². The van der Waals surface area contributed by atoms with Gasteiger partial charge in [-0.3, -0.25) is 4.79 Å². The van der Waals surface area contributed by atoms with Gasteiger partial charge in [0, 0.05) is 12.1 Å². The number of halogens is 1. The summed E-state index contributed by atoms with van der Waals surface area (Å²) in [6, 6.07) is 13.0. The Hall–Kier alpha value is -2.04. The van der Waals surface area contributed by atoms with Crippen molar-refractivity contribution < 1.29 is 9.90 Å². The zero-order valence-corrected chi connectivity index (χ0v) is 20.3. The number of likely N-dealkylation sites (tertiary alicyclic amines) is 2. The Balaban J connectivity index is 0.000000243. The number of carbonyl (C=O) groups is 1. The van der Waals surface area contributed by atoms with Crippen LogP contribution in [0.15, 0.2) is 42.5 Å². The van der Waals surface area contributed by atoms with E-state index in [1.54, 1.807) is 6.07 Å². The van der Waals surface area contributed by atoms with Crippen molar-refractivity contribution in [2.75, 3.05) is 26.2 Å². The lowest BCUT2D eigenvalue weighted by atomic mass is 10.0. The van der Waals surface area contributed by atoms with Gasteiger partial charge in [0.25, 0.3) is 5.91 Å². The molecule has 0 spiro atoms. The van der Waals surface area contributed by atoms with Crippen molar-refractivity contribution in [3.63, 3.8) is 0 Å². The molecule has 0 saturated carbocycles. The highest BCUT2D eigenvalue weighted by molar-refractivity contribution is 6.32. The van der Waals surface area contributed by atoms with Gasteiger partial charge in [0.1, 0.15) is 5.75 Å². The third kappa shape index (κ3) is 6.73. The van der Waals surface area contributed by atoms with Gasteiger partial charge in [0.05, 0.1) is 11.1 Å². The fourth-order valence-electron chi connectivity index (χ4n) is 4.72. The summed E-state index contributed by atoms with van der Waals surface area (Å²) < 4.78 is 0. The molecule has 174 valence electrons. The second-order valence-corrected chi connectivity index (χ2v) is 9.40. The highest BCUT2D eigenvalue weighted by Gasteiger charge is 2.30. The number of carbonyl (C=O) groups excluding carboxylic acids is 1. The predicted molar refractivity (Wildman–Crippen MR) is 133 cm³/mol. The van der Waals surface area contributed by atoms with E-state index in [1.165, 1.54) is 75.0 Å². The van der Waals surface area contributed by atoms with Crippen LogP contribution in [0.1, 0.15) is 79.4 Å². The molecule has 1 atom stereocenters. The first-order valence-corrected chi connectivity index (χ1v) is 12.5. The zero-order chi connectivity index (χ0) is 22.9. The van der Waals surface area contributed by atoms with E-state index in [2.05, 4.69) is 36.9 Å². The van der Waals surface area contributed by atoms with Gasteiger partial charge in [-0.25, -0.2) is 0 Å². The molecule has 32 heavy (non-hydrogen) atoms. The molecule has 2 aromatic rings. The normalized spacial score (nSPS) is 19.2. The van der Waals surface area contributed by atoms with E-state index in [-0.39, 0.29) is 22.7 Å². The van der Waals surface area contributed by atoms with Crippen LogP contribution < -0.4 is 0 Å². The van der Waals surface area contributed by atoms with Gasteiger partial charge < -0.3 is 14.9 Å². The Labute approximate surface area is 198 Å². The minimum absolute atomic E-state index is 0.00475. The SMILES string of the molecule is CCCN1CCCCCC1.Cc1cccc(C2CCCN2C(=O)c2ccc(O)c(Cl)c2)c1. The van der Waals surface area contributed by atoms with Crippen LogP contribution in [0.3, 0.4) is 0 Å². The Morgan fingerprint density at radius 1 is 1.03 bits per heavy atom. The fraction of sp³-hybridized carbons (Fsp3) is 0.519. The van der Waals surface area contributed by atoms with E-state index >= 15 is 0 Å². The van der Waals surface area contributed by atoms with Crippen LogP contribution in [0.2, 0.25) is 5.02 Å². The molecular weight excluding hydrogens is 420 g/mol. The number of nitrogens with zero attached hydrogens (tertiary/aromatic N) is 2. The monoisotopic (exact) mass is 456 g/mol. The molecule has 2 fully saturated rings. The molecule has 2 aliphatic heterocycles. The number of aromatic hydroxyl groups is 1. The Kier molecular flexibility index (Phi) is 9.43. The molecule has 0 aromatic heterocycles. The number of rotatable bonds is 4. The average molecular weight is 457 g/mol. The topological polar surface area (TPSA) is 43.8 Å². The molecule has 0 radical (unpaired) electrons. The number of phenolic OH excluding ortho intramolecular Hbond substituents is 1. The fourth-order valence-corrected chi connectivity index (χ4v) is 4.90. The van der Waals surface area contributed by atoms with Gasteiger partial charge in [-0.15, -0.1) is 0 Å². The first kappa shape index (κ1) is 24.6. The van der Waals surface area contributed by atoms with Crippen LogP contribution in [0.25, 0.3) is 0 Å². The summed E-state index contributed by atoms with van der Waals surface area (Å²) in [5, 5.41) is 9.70. The molecule has 0 bridgehead atoms. The van der Waals surface area contributed by atoms with Crippen molar-refractivity contribution in [3.8, 4) is 5.75 Å². The van der Waals surface area contributed by atoms with Gasteiger partial charge in [0.15, 0.2) is 0 Å². The average Bonchev–Trinajstić information content (AvgIpc) is 3.14. The Morgan fingerprint density at radius 2 is 1.78 bits per heavy atom. The molecule has 4 rings (SSSR count). The number of benzene rings is 2. The predicted octanol–water partition coefficient (Wildman–Crippen LogP) is 6.60. The lowest BCUT2D eigenvalue weighted by Crippen LogP contribution is -2.30. The zero-order valence-electron chi connectivity index (χ0n) is 19.5. The maximum absolute atomic E-state index is 12.8. The van der Waals surface area contributed by atoms with Crippen molar-refractivity contribution in [3.05, 3.63) is 64.2 Å². The van der Waals surface area contributed by atoms with Crippen LogP contribution in [0.5, 0.6) is 5.75 Å². The van der Waals surface area contributed by atoms with E-state index in [0.717, 1.165) is 19.4 Å². The minimum atomic E-state index is -0.0362. The van der Waals surface area contributed by atoms with Crippen molar-refractivity contribution in [1.82, 2.24) is 9.80 Å². The van der Waals surface area contributed by atoms with E-state index in [0.29, 0.717) is 5.56 Å². The van der Waals surface area contributed by atoms with Gasteiger partial charge in [-0.05, 0) is 82.4 Å². The summed E-state index contributed by atoms with van der Waals surface area (Å²) in [5.74, 6) is -0.0409. The number of amides is 1. The van der Waals surface area contributed by atoms with Gasteiger partial charge in [-0.2, -0.15) is 0 Å². The highest BCUT2D eigenvalue weighted by Crippen LogP contribution is 2.34. The van der Waals surface area contributed by atoms with Crippen LogP contribution in [0.4, 0.5) is 0 Å². The van der Waals surface area contributed by atoms with Gasteiger partial charge in [-0.1, -0.05) is 61.2 Å². The summed E-state index contributed by atoms with van der Waals surface area (Å²) in [7, 11) is 0. The molecule has 2 heterocycles. The Morgan fingerprint density at radius 3 is 2.44 bits per heavy atom. The smallest absolute Gasteiger partial charge is 0.254 e. The number of hydrogen-bond donors (Lipinski definition) is 1. The lowest BCUT2D eigenvalue weighted by Gasteiger charge is -2.25. The second kappa shape index (κ2) is 12.3. The molecule has 4 nitrogen and oxygen atoms in total. The Bertz CT molecular complexity index is 878. The number of aryl methyl sites for hydroxylation is 1. The molecular formula is C27H37ClN2O2. The molecule has 1 N–H and O–H groups in total. The number of phenols is 1. The van der Waals surface area contributed by atoms with Crippen molar-refractivity contribution >= 4 is 17.5 Å². The van der Waals surface area contributed by atoms with Crippen molar-refractivity contribution in [2.24, 2.45) is 0 Å². The third-order valence-corrected chi connectivity index (χ3v) is 6.68. The van der Waals surface area contributed by atoms with Gasteiger partial charge >= 0.3 is 0 Å². The molecule has 2 aliphatic rings. The minimum Gasteiger partial charge on any atom is -0.506 e. The second-order valence-electron chi connectivity index (χ2n) is 8.99. The molecule has 5 heteroatoms. The van der Waals surface area contributed by atoms with Crippen molar-refractivity contribution in [2.45, 2.75) is 64.8 Å². The first-order valence-electron chi connectivity index (χ1n) is 12.1. The quantitative estimate of drug-likeness (QED) is 0.563. The van der Waals surface area contributed by atoms with E-state index in [9.17, 15) is 9.90 Å².